The molecule has 0 spiro atoms. The first-order valence-corrected chi connectivity index (χ1v) is 8.64. The zero-order valence-electron chi connectivity index (χ0n) is 13.6. The van der Waals surface area contributed by atoms with E-state index in [-0.39, 0.29) is 5.91 Å². The van der Waals surface area contributed by atoms with Crippen LogP contribution in [0.4, 0.5) is 0 Å². The first-order chi connectivity index (χ1) is 11.3. The molecule has 0 radical (unpaired) electrons. The lowest BCUT2D eigenvalue weighted by molar-refractivity contribution is -0.120. The van der Waals surface area contributed by atoms with E-state index in [1.54, 1.807) is 0 Å². The number of nitrogens with zero attached hydrogens (tertiary/aromatic N) is 1. The summed E-state index contributed by atoms with van der Waals surface area (Å²) in [6.45, 7) is 0. The Morgan fingerprint density at radius 2 is 1.61 bits per heavy atom. The number of hydrogen-bond donors (Lipinski definition) is 1. The van der Waals surface area contributed by atoms with Crippen LogP contribution in [0.5, 0.6) is 0 Å². The molecule has 3 rings (SSSR count). The molecule has 120 valence electrons. The Bertz CT molecular complexity index is 690. The van der Waals surface area contributed by atoms with Gasteiger partial charge < -0.3 is 0 Å². The molecular formula is C20H24N2O. The van der Waals surface area contributed by atoms with Gasteiger partial charge >= 0.3 is 0 Å². The van der Waals surface area contributed by atoms with Gasteiger partial charge in [-0.2, -0.15) is 5.10 Å². The standard InChI is InChI=1S/C20H24N2O/c23-20(22-21-18-12-4-2-1-3-5-13-18)15-17-11-8-10-16-9-6-7-14-19(16)17/h6-11,14H,1-5,12-13,15H2,(H,22,23). The second kappa shape index (κ2) is 7.91. The number of carbonyl (C=O) groups excluding carboxylic acids is 1. The van der Waals surface area contributed by atoms with E-state index < -0.39 is 0 Å². The average Bonchev–Trinajstić information content (AvgIpc) is 2.54. The molecule has 0 heterocycles. The number of nitrogens with one attached hydrogen (secondary N) is 1. The number of hydrazone groups is 1. The van der Waals surface area contributed by atoms with Gasteiger partial charge in [0.1, 0.15) is 0 Å². The molecule has 2 aromatic rings. The molecule has 1 N–H and O–H groups in total. The van der Waals surface area contributed by atoms with Crippen molar-refractivity contribution in [1.29, 1.82) is 0 Å². The number of amides is 1. The van der Waals surface area contributed by atoms with Gasteiger partial charge in [0.2, 0.25) is 5.91 Å². The molecule has 1 aliphatic carbocycles. The second-order valence-electron chi connectivity index (χ2n) is 6.30. The summed E-state index contributed by atoms with van der Waals surface area (Å²) in [6, 6.07) is 14.3. The summed E-state index contributed by atoms with van der Waals surface area (Å²) in [7, 11) is 0. The van der Waals surface area contributed by atoms with Crippen molar-refractivity contribution in [1.82, 2.24) is 5.43 Å². The fourth-order valence-electron chi connectivity index (χ4n) is 3.23. The van der Waals surface area contributed by atoms with Crippen LogP contribution in [0.1, 0.15) is 50.5 Å². The van der Waals surface area contributed by atoms with Crippen LogP contribution in [-0.2, 0) is 11.2 Å². The number of benzene rings is 2. The smallest absolute Gasteiger partial charge is 0.244 e. The lowest BCUT2D eigenvalue weighted by Gasteiger charge is -2.11. The fourth-order valence-corrected chi connectivity index (χ4v) is 3.23. The van der Waals surface area contributed by atoms with Crippen molar-refractivity contribution in [3.63, 3.8) is 0 Å². The minimum atomic E-state index is -0.0316. The van der Waals surface area contributed by atoms with Crippen LogP contribution >= 0.6 is 0 Å². The molecule has 1 fully saturated rings. The van der Waals surface area contributed by atoms with E-state index in [0.717, 1.165) is 29.5 Å². The molecule has 0 aromatic heterocycles. The van der Waals surface area contributed by atoms with E-state index in [4.69, 9.17) is 0 Å². The minimum Gasteiger partial charge on any atom is -0.273 e. The Balaban J connectivity index is 1.64. The fraction of sp³-hybridized carbons (Fsp3) is 0.400. The molecule has 1 aliphatic rings. The van der Waals surface area contributed by atoms with E-state index in [2.05, 4.69) is 28.7 Å². The van der Waals surface area contributed by atoms with Crippen LogP contribution in [-0.4, -0.2) is 11.6 Å². The lowest BCUT2D eigenvalue weighted by atomic mass is 9.99. The van der Waals surface area contributed by atoms with Crippen LogP contribution in [0.3, 0.4) is 0 Å². The zero-order chi connectivity index (χ0) is 15.9. The van der Waals surface area contributed by atoms with Crippen molar-refractivity contribution in [3.05, 3.63) is 48.0 Å². The van der Waals surface area contributed by atoms with Crippen LogP contribution in [0.2, 0.25) is 0 Å². The van der Waals surface area contributed by atoms with E-state index in [0.29, 0.717) is 6.42 Å². The van der Waals surface area contributed by atoms with E-state index in [9.17, 15) is 4.79 Å². The molecule has 3 heteroatoms. The predicted octanol–water partition coefficient (Wildman–Crippen LogP) is 4.60. The predicted molar refractivity (Wildman–Crippen MR) is 95.5 cm³/mol. The quantitative estimate of drug-likeness (QED) is 0.827. The van der Waals surface area contributed by atoms with Crippen molar-refractivity contribution >= 4 is 22.4 Å². The van der Waals surface area contributed by atoms with E-state index >= 15 is 0 Å². The molecule has 1 amide bonds. The first kappa shape index (κ1) is 15.7. The normalized spacial score (nSPS) is 15.7. The van der Waals surface area contributed by atoms with E-state index in [1.165, 1.54) is 37.5 Å². The topological polar surface area (TPSA) is 41.5 Å². The molecule has 0 aliphatic heterocycles. The summed E-state index contributed by atoms with van der Waals surface area (Å²) in [5.74, 6) is -0.0316. The number of fused-ring (bicyclic) bond motifs is 1. The summed E-state index contributed by atoms with van der Waals surface area (Å²) in [5.41, 5.74) is 4.97. The van der Waals surface area contributed by atoms with Gasteiger partial charge in [-0.1, -0.05) is 61.7 Å². The third-order valence-corrected chi connectivity index (χ3v) is 4.50. The molecular weight excluding hydrogens is 284 g/mol. The molecule has 3 nitrogen and oxygen atoms in total. The molecule has 0 atom stereocenters. The maximum absolute atomic E-state index is 12.2. The number of carbonyl (C=O) groups is 1. The van der Waals surface area contributed by atoms with Crippen molar-refractivity contribution < 1.29 is 4.79 Å². The molecule has 2 aromatic carbocycles. The van der Waals surface area contributed by atoms with Crippen molar-refractivity contribution in [2.24, 2.45) is 5.10 Å². The van der Waals surface area contributed by atoms with Crippen LogP contribution < -0.4 is 5.43 Å². The molecule has 0 unspecified atom stereocenters. The number of hydrogen-bond acceptors (Lipinski definition) is 2. The van der Waals surface area contributed by atoms with Crippen molar-refractivity contribution in [3.8, 4) is 0 Å². The van der Waals surface area contributed by atoms with Crippen molar-refractivity contribution in [2.45, 2.75) is 51.4 Å². The molecule has 0 saturated heterocycles. The SMILES string of the molecule is O=C(Cc1cccc2ccccc12)NN=C1CCCCCCC1. The van der Waals surface area contributed by atoms with Gasteiger partial charge in [-0.25, -0.2) is 5.43 Å². The Hall–Kier alpha value is -2.16. The van der Waals surface area contributed by atoms with Gasteiger partial charge in [-0.15, -0.1) is 0 Å². The van der Waals surface area contributed by atoms with Gasteiger partial charge in [-0.05, 0) is 42.0 Å². The lowest BCUT2D eigenvalue weighted by Crippen LogP contribution is -2.22. The van der Waals surface area contributed by atoms with E-state index in [1.807, 2.05) is 24.3 Å². The highest BCUT2D eigenvalue weighted by atomic mass is 16.2. The maximum atomic E-state index is 12.2. The maximum Gasteiger partial charge on any atom is 0.244 e. The highest BCUT2D eigenvalue weighted by Gasteiger charge is 2.08. The van der Waals surface area contributed by atoms with Crippen LogP contribution in [0.15, 0.2) is 47.6 Å². The molecule has 0 bridgehead atoms. The first-order valence-electron chi connectivity index (χ1n) is 8.64. The van der Waals surface area contributed by atoms with Crippen LogP contribution in [0, 0.1) is 0 Å². The molecule has 1 saturated carbocycles. The average molecular weight is 308 g/mol. The monoisotopic (exact) mass is 308 g/mol. The van der Waals surface area contributed by atoms with Crippen molar-refractivity contribution in [2.75, 3.05) is 0 Å². The summed E-state index contributed by atoms with van der Waals surface area (Å²) in [4.78, 5) is 12.2. The third-order valence-electron chi connectivity index (χ3n) is 4.50. The largest absolute Gasteiger partial charge is 0.273 e. The van der Waals surface area contributed by atoms with Crippen LogP contribution in [0.25, 0.3) is 10.8 Å². The molecule has 23 heavy (non-hydrogen) atoms. The summed E-state index contributed by atoms with van der Waals surface area (Å²) in [6.07, 6.45) is 8.70. The van der Waals surface area contributed by atoms with Gasteiger partial charge in [0.15, 0.2) is 0 Å². The minimum absolute atomic E-state index is 0.0316. The third kappa shape index (κ3) is 4.41. The zero-order valence-corrected chi connectivity index (χ0v) is 13.6. The Kier molecular flexibility index (Phi) is 5.41. The highest BCUT2D eigenvalue weighted by molar-refractivity contribution is 5.91. The number of rotatable bonds is 3. The van der Waals surface area contributed by atoms with Gasteiger partial charge in [0, 0.05) is 5.71 Å². The Morgan fingerprint density at radius 1 is 0.913 bits per heavy atom. The highest BCUT2D eigenvalue weighted by Crippen LogP contribution is 2.19. The summed E-state index contributed by atoms with van der Waals surface area (Å²) in [5, 5.41) is 6.69. The van der Waals surface area contributed by atoms with Gasteiger partial charge in [-0.3, -0.25) is 4.79 Å². The van der Waals surface area contributed by atoms with Gasteiger partial charge in [0.05, 0.1) is 6.42 Å². The summed E-state index contributed by atoms with van der Waals surface area (Å²) < 4.78 is 0. The second-order valence-corrected chi connectivity index (χ2v) is 6.30. The summed E-state index contributed by atoms with van der Waals surface area (Å²) >= 11 is 0. The Morgan fingerprint density at radius 3 is 2.43 bits per heavy atom. The van der Waals surface area contributed by atoms with Gasteiger partial charge in [0.25, 0.3) is 0 Å². The Labute approximate surface area is 137 Å².